The summed E-state index contributed by atoms with van der Waals surface area (Å²) in [4.78, 5) is 0. The molecule has 0 spiro atoms. The minimum atomic E-state index is -0.339. The fraction of sp³-hybridized carbons (Fsp3) is 0.231. The molecular formula is C26H25BO2. The summed E-state index contributed by atoms with van der Waals surface area (Å²) in [6.07, 6.45) is 0. The molecular weight excluding hydrogens is 355 g/mol. The van der Waals surface area contributed by atoms with Gasteiger partial charge in [0.05, 0.1) is 11.2 Å². The number of rotatable bonds is 2. The van der Waals surface area contributed by atoms with Crippen LogP contribution in [-0.2, 0) is 9.31 Å². The van der Waals surface area contributed by atoms with Crippen LogP contribution in [-0.4, -0.2) is 18.3 Å². The summed E-state index contributed by atoms with van der Waals surface area (Å²) < 4.78 is 12.5. The molecule has 3 heteroatoms. The largest absolute Gasteiger partial charge is 0.494 e. The molecule has 5 rings (SSSR count). The van der Waals surface area contributed by atoms with Crippen molar-refractivity contribution in [3.63, 3.8) is 0 Å². The third kappa shape index (κ3) is 3.15. The molecule has 1 aliphatic rings. The number of fused-ring (bicyclic) bond motifs is 2. The first-order chi connectivity index (χ1) is 13.8. The highest BCUT2D eigenvalue weighted by Gasteiger charge is 2.51. The van der Waals surface area contributed by atoms with E-state index in [1.165, 1.54) is 32.7 Å². The summed E-state index contributed by atoms with van der Waals surface area (Å²) in [7, 11) is -0.339. The fourth-order valence-corrected chi connectivity index (χ4v) is 3.94. The lowest BCUT2D eigenvalue weighted by Gasteiger charge is -2.32. The molecule has 0 N–H and O–H groups in total. The number of hydrogen-bond donors (Lipinski definition) is 0. The van der Waals surface area contributed by atoms with Gasteiger partial charge in [-0.2, -0.15) is 0 Å². The zero-order valence-electron chi connectivity index (χ0n) is 17.4. The maximum absolute atomic E-state index is 6.24. The van der Waals surface area contributed by atoms with Gasteiger partial charge in [0, 0.05) is 0 Å². The highest BCUT2D eigenvalue weighted by molar-refractivity contribution is 6.62. The van der Waals surface area contributed by atoms with Crippen LogP contribution in [0.15, 0.2) is 78.9 Å². The maximum Gasteiger partial charge on any atom is 0.494 e. The smallest absolute Gasteiger partial charge is 0.399 e. The molecule has 1 heterocycles. The third-order valence-corrected chi connectivity index (χ3v) is 6.47. The third-order valence-electron chi connectivity index (χ3n) is 6.47. The van der Waals surface area contributed by atoms with Crippen LogP contribution in [0.5, 0.6) is 0 Å². The van der Waals surface area contributed by atoms with Gasteiger partial charge in [0.1, 0.15) is 0 Å². The molecule has 0 amide bonds. The van der Waals surface area contributed by atoms with Gasteiger partial charge in [-0.15, -0.1) is 0 Å². The quantitative estimate of drug-likeness (QED) is 0.400. The highest BCUT2D eigenvalue weighted by atomic mass is 16.7. The summed E-state index contributed by atoms with van der Waals surface area (Å²) in [5, 5.41) is 4.94. The molecule has 0 radical (unpaired) electrons. The Bertz CT molecular complexity index is 1210. The Morgan fingerprint density at radius 3 is 1.72 bits per heavy atom. The van der Waals surface area contributed by atoms with Crippen molar-refractivity contribution in [2.24, 2.45) is 0 Å². The predicted molar refractivity (Wildman–Crippen MR) is 123 cm³/mol. The van der Waals surface area contributed by atoms with Crippen LogP contribution in [0.3, 0.4) is 0 Å². The first kappa shape index (κ1) is 18.4. The standard InChI is InChI=1S/C26H25BO2/c1-25(2)26(3,4)29-27(28-25)24-14-13-19-10-12-22(16-23(19)17-24)21-11-9-18-7-5-6-8-20(18)15-21/h5-17H,1-4H3. The van der Waals surface area contributed by atoms with Crippen LogP contribution >= 0.6 is 0 Å². The van der Waals surface area contributed by atoms with Crippen LogP contribution in [0.2, 0.25) is 0 Å². The predicted octanol–water partition coefficient (Wildman–Crippen LogP) is 5.96. The monoisotopic (exact) mass is 380 g/mol. The zero-order valence-corrected chi connectivity index (χ0v) is 17.4. The molecule has 29 heavy (non-hydrogen) atoms. The normalized spacial score (nSPS) is 17.9. The van der Waals surface area contributed by atoms with E-state index in [4.69, 9.17) is 9.31 Å². The van der Waals surface area contributed by atoms with Gasteiger partial charge in [-0.05, 0) is 78.0 Å². The van der Waals surface area contributed by atoms with E-state index in [0.29, 0.717) is 0 Å². The molecule has 1 aliphatic heterocycles. The Labute approximate surface area is 172 Å². The second-order valence-electron chi connectivity index (χ2n) is 8.97. The lowest BCUT2D eigenvalue weighted by atomic mass is 9.78. The average Bonchev–Trinajstić information content (AvgIpc) is 2.94. The Kier molecular flexibility index (Phi) is 4.09. The van der Waals surface area contributed by atoms with Gasteiger partial charge in [-0.25, -0.2) is 0 Å². The van der Waals surface area contributed by atoms with Crippen molar-refractivity contribution >= 4 is 34.1 Å². The summed E-state index contributed by atoms with van der Waals surface area (Å²) in [5.74, 6) is 0. The van der Waals surface area contributed by atoms with Crippen molar-refractivity contribution in [3.05, 3.63) is 78.9 Å². The molecule has 0 saturated carbocycles. The van der Waals surface area contributed by atoms with E-state index in [-0.39, 0.29) is 18.3 Å². The van der Waals surface area contributed by atoms with E-state index < -0.39 is 0 Å². The minimum Gasteiger partial charge on any atom is -0.399 e. The molecule has 0 atom stereocenters. The van der Waals surface area contributed by atoms with Crippen molar-refractivity contribution in [3.8, 4) is 11.1 Å². The highest BCUT2D eigenvalue weighted by Crippen LogP contribution is 2.36. The Hall–Kier alpha value is -2.62. The van der Waals surface area contributed by atoms with Gasteiger partial charge < -0.3 is 9.31 Å². The van der Waals surface area contributed by atoms with Gasteiger partial charge in [-0.1, -0.05) is 66.7 Å². The second kappa shape index (κ2) is 6.45. The fourth-order valence-electron chi connectivity index (χ4n) is 3.94. The number of hydrogen-bond acceptors (Lipinski definition) is 2. The lowest BCUT2D eigenvalue weighted by molar-refractivity contribution is 0.00578. The van der Waals surface area contributed by atoms with Crippen molar-refractivity contribution in [1.29, 1.82) is 0 Å². The van der Waals surface area contributed by atoms with E-state index in [0.717, 1.165) is 5.46 Å². The van der Waals surface area contributed by atoms with E-state index in [1.54, 1.807) is 0 Å². The van der Waals surface area contributed by atoms with Gasteiger partial charge in [0.15, 0.2) is 0 Å². The first-order valence-electron chi connectivity index (χ1n) is 10.2. The summed E-state index contributed by atoms with van der Waals surface area (Å²) in [6, 6.07) is 28.2. The molecule has 144 valence electrons. The van der Waals surface area contributed by atoms with Crippen molar-refractivity contribution in [2.75, 3.05) is 0 Å². The number of benzene rings is 4. The maximum atomic E-state index is 6.24. The molecule has 0 unspecified atom stereocenters. The van der Waals surface area contributed by atoms with Crippen LogP contribution in [0.25, 0.3) is 32.7 Å². The van der Waals surface area contributed by atoms with Crippen molar-refractivity contribution in [2.45, 2.75) is 38.9 Å². The SMILES string of the molecule is CC1(C)OB(c2ccc3ccc(-c4ccc5ccccc5c4)cc3c2)OC1(C)C. The molecule has 0 aliphatic carbocycles. The minimum absolute atomic E-state index is 0.334. The van der Waals surface area contributed by atoms with Gasteiger partial charge in [0.25, 0.3) is 0 Å². The zero-order chi connectivity index (χ0) is 20.2. The van der Waals surface area contributed by atoms with E-state index >= 15 is 0 Å². The van der Waals surface area contributed by atoms with Crippen LogP contribution in [0, 0.1) is 0 Å². The Morgan fingerprint density at radius 1 is 0.552 bits per heavy atom. The van der Waals surface area contributed by atoms with Crippen LogP contribution < -0.4 is 5.46 Å². The molecule has 0 aromatic heterocycles. The van der Waals surface area contributed by atoms with Gasteiger partial charge >= 0.3 is 7.12 Å². The summed E-state index contributed by atoms with van der Waals surface area (Å²) in [6.45, 7) is 8.36. The molecule has 1 saturated heterocycles. The lowest BCUT2D eigenvalue weighted by Crippen LogP contribution is -2.41. The topological polar surface area (TPSA) is 18.5 Å². The average molecular weight is 380 g/mol. The van der Waals surface area contributed by atoms with E-state index in [1.807, 2.05) is 0 Å². The second-order valence-corrected chi connectivity index (χ2v) is 8.97. The molecule has 4 aromatic carbocycles. The molecule has 2 nitrogen and oxygen atoms in total. The summed E-state index contributed by atoms with van der Waals surface area (Å²) in [5.41, 5.74) is 2.84. The Morgan fingerprint density at radius 2 is 1.07 bits per heavy atom. The van der Waals surface area contributed by atoms with Crippen LogP contribution in [0.4, 0.5) is 0 Å². The van der Waals surface area contributed by atoms with Crippen molar-refractivity contribution in [1.82, 2.24) is 0 Å². The van der Waals surface area contributed by atoms with Gasteiger partial charge in [0.2, 0.25) is 0 Å². The first-order valence-corrected chi connectivity index (χ1v) is 10.2. The Balaban J connectivity index is 1.54. The molecule has 1 fully saturated rings. The molecule has 0 bridgehead atoms. The summed E-state index contributed by atoms with van der Waals surface area (Å²) >= 11 is 0. The van der Waals surface area contributed by atoms with E-state index in [2.05, 4.69) is 107 Å². The van der Waals surface area contributed by atoms with Crippen LogP contribution in [0.1, 0.15) is 27.7 Å². The van der Waals surface area contributed by atoms with Crippen molar-refractivity contribution < 1.29 is 9.31 Å². The van der Waals surface area contributed by atoms with Gasteiger partial charge in [-0.3, -0.25) is 0 Å². The molecule has 4 aromatic rings. The van der Waals surface area contributed by atoms with E-state index in [9.17, 15) is 0 Å².